The molecular formula is C11H12O2. The summed E-state index contributed by atoms with van der Waals surface area (Å²) in [5, 5.41) is 9.07. The number of benzene rings is 1. The Bertz CT molecular complexity index is 328. The van der Waals surface area contributed by atoms with E-state index in [1.807, 2.05) is 18.2 Å². The Morgan fingerprint density at radius 1 is 1.31 bits per heavy atom. The molecule has 1 aliphatic carbocycles. The zero-order valence-corrected chi connectivity index (χ0v) is 7.42. The molecule has 0 atom stereocenters. The molecule has 13 heavy (non-hydrogen) atoms. The standard InChI is InChI=1S/C11H12O2/c12-7-9-3-1-2-8-4-5-10(13)6-11(8)9/h1-3,12H,4-7H2. The quantitative estimate of drug-likeness (QED) is 0.699. The highest BCUT2D eigenvalue weighted by molar-refractivity contribution is 5.83. The number of Topliss-reactive ketones (excluding diaryl/α,β-unsaturated/α-hetero) is 1. The van der Waals surface area contributed by atoms with Crippen LogP contribution in [-0.4, -0.2) is 10.9 Å². The maximum Gasteiger partial charge on any atom is 0.137 e. The van der Waals surface area contributed by atoms with Gasteiger partial charge in [-0.3, -0.25) is 4.79 Å². The lowest BCUT2D eigenvalue weighted by atomic mass is 9.88. The van der Waals surface area contributed by atoms with Crippen LogP contribution in [0.5, 0.6) is 0 Å². The fraction of sp³-hybridized carbons (Fsp3) is 0.364. The second-order valence-corrected chi connectivity index (χ2v) is 3.43. The molecule has 0 saturated heterocycles. The summed E-state index contributed by atoms with van der Waals surface area (Å²) in [6, 6.07) is 5.87. The molecule has 1 N–H and O–H groups in total. The van der Waals surface area contributed by atoms with E-state index in [1.54, 1.807) is 0 Å². The van der Waals surface area contributed by atoms with E-state index in [2.05, 4.69) is 0 Å². The Kier molecular flexibility index (Phi) is 2.15. The number of aliphatic hydroxyl groups is 1. The van der Waals surface area contributed by atoms with Crippen molar-refractivity contribution < 1.29 is 9.90 Å². The molecule has 0 bridgehead atoms. The van der Waals surface area contributed by atoms with E-state index in [4.69, 9.17) is 5.11 Å². The summed E-state index contributed by atoms with van der Waals surface area (Å²) in [5.41, 5.74) is 3.19. The van der Waals surface area contributed by atoms with E-state index in [-0.39, 0.29) is 12.4 Å². The van der Waals surface area contributed by atoms with Crippen LogP contribution in [0.3, 0.4) is 0 Å². The third-order valence-corrected chi connectivity index (χ3v) is 2.59. The second-order valence-electron chi connectivity index (χ2n) is 3.43. The van der Waals surface area contributed by atoms with Gasteiger partial charge in [-0.2, -0.15) is 0 Å². The first-order valence-corrected chi connectivity index (χ1v) is 4.53. The summed E-state index contributed by atoms with van der Waals surface area (Å²) in [4.78, 5) is 11.2. The summed E-state index contributed by atoms with van der Waals surface area (Å²) in [6.07, 6.45) is 2.00. The minimum Gasteiger partial charge on any atom is -0.392 e. The molecule has 2 heteroatoms. The van der Waals surface area contributed by atoms with Crippen molar-refractivity contribution in [3.8, 4) is 0 Å². The number of aliphatic hydroxyl groups excluding tert-OH is 1. The average molecular weight is 176 g/mol. The van der Waals surface area contributed by atoms with Crippen LogP contribution in [0.1, 0.15) is 23.1 Å². The largest absolute Gasteiger partial charge is 0.392 e. The van der Waals surface area contributed by atoms with E-state index >= 15 is 0 Å². The van der Waals surface area contributed by atoms with Gasteiger partial charge in [-0.05, 0) is 23.1 Å². The molecule has 0 heterocycles. The van der Waals surface area contributed by atoms with Gasteiger partial charge in [0, 0.05) is 12.8 Å². The Labute approximate surface area is 77.2 Å². The van der Waals surface area contributed by atoms with Crippen LogP contribution in [0.2, 0.25) is 0 Å². The average Bonchev–Trinajstić information content (AvgIpc) is 2.17. The van der Waals surface area contributed by atoms with Gasteiger partial charge in [0.05, 0.1) is 6.61 Å². The minimum absolute atomic E-state index is 0.0381. The lowest BCUT2D eigenvalue weighted by Gasteiger charge is -2.17. The molecule has 1 aromatic rings. The van der Waals surface area contributed by atoms with Gasteiger partial charge in [-0.25, -0.2) is 0 Å². The number of fused-ring (bicyclic) bond motifs is 1. The summed E-state index contributed by atoms with van der Waals surface area (Å²) in [5.74, 6) is 0.286. The number of rotatable bonds is 1. The summed E-state index contributed by atoms with van der Waals surface area (Å²) < 4.78 is 0. The predicted molar refractivity (Wildman–Crippen MR) is 49.4 cm³/mol. The lowest BCUT2D eigenvalue weighted by molar-refractivity contribution is -0.118. The first-order chi connectivity index (χ1) is 6.31. The van der Waals surface area contributed by atoms with Gasteiger partial charge >= 0.3 is 0 Å². The number of ketones is 1. The molecular weight excluding hydrogens is 164 g/mol. The molecule has 0 amide bonds. The maximum absolute atomic E-state index is 11.2. The Balaban J connectivity index is 2.46. The lowest BCUT2D eigenvalue weighted by Crippen LogP contribution is -2.15. The van der Waals surface area contributed by atoms with Gasteiger partial charge < -0.3 is 5.11 Å². The first kappa shape index (κ1) is 8.45. The smallest absolute Gasteiger partial charge is 0.137 e. The second kappa shape index (κ2) is 3.30. The zero-order valence-electron chi connectivity index (χ0n) is 7.42. The van der Waals surface area contributed by atoms with E-state index < -0.39 is 0 Å². The van der Waals surface area contributed by atoms with Crippen molar-refractivity contribution in [3.63, 3.8) is 0 Å². The number of hydrogen-bond acceptors (Lipinski definition) is 2. The molecule has 2 nitrogen and oxygen atoms in total. The minimum atomic E-state index is 0.0381. The number of carbonyl (C=O) groups excluding carboxylic acids is 1. The van der Waals surface area contributed by atoms with Crippen molar-refractivity contribution in [2.75, 3.05) is 0 Å². The Hall–Kier alpha value is -1.15. The molecule has 0 spiro atoms. The van der Waals surface area contributed by atoms with Crippen LogP contribution in [-0.2, 0) is 24.2 Å². The van der Waals surface area contributed by atoms with Crippen LogP contribution >= 0.6 is 0 Å². The topological polar surface area (TPSA) is 37.3 Å². The molecule has 1 aliphatic rings. The van der Waals surface area contributed by atoms with Crippen LogP contribution in [0.4, 0.5) is 0 Å². The van der Waals surface area contributed by atoms with Crippen molar-refractivity contribution in [1.82, 2.24) is 0 Å². The van der Waals surface area contributed by atoms with Gasteiger partial charge in [0.2, 0.25) is 0 Å². The molecule has 0 aromatic heterocycles. The summed E-state index contributed by atoms with van der Waals surface area (Å²) in [7, 11) is 0. The van der Waals surface area contributed by atoms with Crippen molar-refractivity contribution in [2.24, 2.45) is 0 Å². The van der Waals surface area contributed by atoms with Crippen LogP contribution in [0, 0.1) is 0 Å². The van der Waals surface area contributed by atoms with Gasteiger partial charge in [0.15, 0.2) is 0 Å². The normalized spacial score (nSPS) is 15.6. The highest BCUT2D eigenvalue weighted by Crippen LogP contribution is 2.22. The van der Waals surface area contributed by atoms with Crippen molar-refractivity contribution in [2.45, 2.75) is 25.9 Å². The van der Waals surface area contributed by atoms with E-state index in [0.29, 0.717) is 12.8 Å². The third-order valence-electron chi connectivity index (χ3n) is 2.59. The molecule has 0 aliphatic heterocycles. The van der Waals surface area contributed by atoms with Gasteiger partial charge in [0.1, 0.15) is 5.78 Å². The molecule has 0 unspecified atom stereocenters. The maximum atomic E-state index is 11.2. The van der Waals surface area contributed by atoms with Gasteiger partial charge in [0.25, 0.3) is 0 Å². The number of aryl methyl sites for hydroxylation is 1. The number of carbonyl (C=O) groups is 1. The van der Waals surface area contributed by atoms with Gasteiger partial charge in [-0.15, -0.1) is 0 Å². The number of hydrogen-bond donors (Lipinski definition) is 1. The molecule has 0 radical (unpaired) electrons. The molecule has 0 fully saturated rings. The monoisotopic (exact) mass is 176 g/mol. The third kappa shape index (κ3) is 1.49. The van der Waals surface area contributed by atoms with E-state index in [9.17, 15) is 4.79 Å². The van der Waals surface area contributed by atoms with Crippen LogP contribution in [0.25, 0.3) is 0 Å². The summed E-state index contributed by atoms with van der Waals surface area (Å²) in [6.45, 7) is 0.0381. The van der Waals surface area contributed by atoms with E-state index in [1.165, 1.54) is 5.56 Å². The van der Waals surface area contributed by atoms with Crippen molar-refractivity contribution >= 4 is 5.78 Å². The Morgan fingerprint density at radius 2 is 2.15 bits per heavy atom. The fourth-order valence-corrected chi connectivity index (χ4v) is 1.86. The fourth-order valence-electron chi connectivity index (χ4n) is 1.86. The highest BCUT2D eigenvalue weighted by atomic mass is 16.3. The first-order valence-electron chi connectivity index (χ1n) is 4.53. The molecule has 1 aromatic carbocycles. The molecule has 68 valence electrons. The summed E-state index contributed by atoms with van der Waals surface area (Å²) >= 11 is 0. The predicted octanol–water partition coefficient (Wildman–Crippen LogP) is 1.24. The molecule has 0 saturated carbocycles. The zero-order chi connectivity index (χ0) is 9.26. The van der Waals surface area contributed by atoms with Crippen LogP contribution < -0.4 is 0 Å². The van der Waals surface area contributed by atoms with Crippen molar-refractivity contribution in [3.05, 3.63) is 34.9 Å². The molecule has 2 rings (SSSR count). The van der Waals surface area contributed by atoms with E-state index in [0.717, 1.165) is 17.5 Å². The van der Waals surface area contributed by atoms with Gasteiger partial charge in [-0.1, -0.05) is 18.2 Å². The van der Waals surface area contributed by atoms with Crippen LogP contribution in [0.15, 0.2) is 18.2 Å². The SMILES string of the molecule is O=C1CCc2cccc(CO)c2C1. The highest BCUT2D eigenvalue weighted by Gasteiger charge is 2.17. The van der Waals surface area contributed by atoms with Crippen molar-refractivity contribution in [1.29, 1.82) is 0 Å². The Morgan fingerprint density at radius 3 is 2.92 bits per heavy atom.